The van der Waals surface area contributed by atoms with Crippen LogP contribution in [-0.2, 0) is 7.05 Å². The van der Waals surface area contributed by atoms with E-state index in [1.807, 2.05) is 53.8 Å². The molecule has 17 heavy (non-hydrogen) atoms. The van der Waals surface area contributed by atoms with Gasteiger partial charge in [0, 0.05) is 18.1 Å². The molecule has 0 amide bonds. The van der Waals surface area contributed by atoms with E-state index in [9.17, 15) is 5.11 Å². The Labute approximate surface area is 106 Å². The molecule has 1 N–H and O–H groups in total. The number of nitrogens with zero attached hydrogens (tertiary/aromatic N) is 1. The molecule has 0 aliphatic rings. The molecule has 2 aromatic rings. The van der Waals surface area contributed by atoms with Crippen LogP contribution >= 0.6 is 11.8 Å². The molecule has 0 spiro atoms. The molecule has 1 aromatic carbocycles. The maximum atomic E-state index is 10.3. The lowest BCUT2D eigenvalue weighted by Crippen LogP contribution is -2.04. The van der Waals surface area contributed by atoms with E-state index >= 15 is 0 Å². The van der Waals surface area contributed by atoms with Gasteiger partial charge in [0.25, 0.3) is 0 Å². The first kappa shape index (κ1) is 12.3. The van der Waals surface area contributed by atoms with Crippen molar-refractivity contribution in [3.8, 4) is 0 Å². The Bertz CT molecular complexity index is 475. The molecule has 2 rings (SSSR count). The Morgan fingerprint density at radius 1 is 1.24 bits per heavy atom. The van der Waals surface area contributed by atoms with Gasteiger partial charge in [-0.1, -0.05) is 19.1 Å². The van der Waals surface area contributed by atoms with Gasteiger partial charge in [-0.15, -0.1) is 11.8 Å². The van der Waals surface area contributed by atoms with Gasteiger partial charge in [-0.25, -0.2) is 0 Å². The molecule has 0 fully saturated rings. The summed E-state index contributed by atoms with van der Waals surface area (Å²) in [5.41, 5.74) is 1.85. The van der Waals surface area contributed by atoms with Crippen molar-refractivity contribution in [3.63, 3.8) is 0 Å². The Kier molecular flexibility index (Phi) is 3.92. The molecule has 0 saturated carbocycles. The fourth-order valence-electron chi connectivity index (χ4n) is 1.84. The minimum Gasteiger partial charge on any atom is -0.382 e. The van der Waals surface area contributed by atoms with E-state index < -0.39 is 6.10 Å². The third kappa shape index (κ3) is 2.73. The first-order valence-corrected chi connectivity index (χ1v) is 6.73. The zero-order chi connectivity index (χ0) is 12.3. The van der Waals surface area contributed by atoms with Crippen LogP contribution in [0.1, 0.15) is 24.3 Å². The summed E-state index contributed by atoms with van der Waals surface area (Å²) in [4.78, 5) is 1.25. The van der Waals surface area contributed by atoms with Gasteiger partial charge in [-0.3, -0.25) is 0 Å². The van der Waals surface area contributed by atoms with Gasteiger partial charge < -0.3 is 9.67 Å². The number of hydrogen-bond donors (Lipinski definition) is 1. The number of aliphatic hydroxyl groups is 1. The van der Waals surface area contributed by atoms with Gasteiger partial charge in [-0.05, 0) is 35.6 Å². The van der Waals surface area contributed by atoms with Crippen LogP contribution in [0.4, 0.5) is 0 Å². The van der Waals surface area contributed by atoms with Gasteiger partial charge in [0.2, 0.25) is 0 Å². The van der Waals surface area contributed by atoms with Gasteiger partial charge in [0.15, 0.2) is 0 Å². The normalized spacial score (nSPS) is 12.6. The van der Waals surface area contributed by atoms with E-state index in [2.05, 4.69) is 19.1 Å². The Hall–Kier alpha value is -1.19. The van der Waals surface area contributed by atoms with Crippen molar-refractivity contribution in [1.82, 2.24) is 4.57 Å². The van der Waals surface area contributed by atoms with Crippen molar-refractivity contribution in [2.75, 3.05) is 5.75 Å². The summed E-state index contributed by atoms with van der Waals surface area (Å²) in [6.45, 7) is 2.14. The molecular weight excluding hydrogens is 230 g/mol. The lowest BCUT2D eigenvalue weighted by Gasteiger charge is -2.12. The van der Waals surface area contributed by atoms with E-state index in [4.69, 9.17) is 0 Å². The highest BCUT2D eigenvalue weighted by molar-refractivity contribution is 7.99. The highest BCUT2D eigenvalue weighted by Crippen LogP contribution is 2.24. The Balaban J connectivity index is 2.20. The molecule has 1 unspecified atom stereocenters. The molecule has 1 atom stereocenters. The molecule has 2 nitrogen and oxygen atoms in total. The second-order valence-electron chi connectivity index (χ2n) is 3.95. The lowest BCUT2D eigenvalue weighted by molar-refractivity contribution is 0.211. The van der Waals surface area contributed by atoms with E-state index in [0.29, 0.717) is 0 Å². The van der Waals surface area contributed by atoms with E-state index in [1.165, 1.54) is 4.90 Å². The summed E-state index contributed by atoms with van der Waals surface area (Å²) in [5, 5.41) is 10.3. The molecule has 0 aliphatic heterocycles. The van der Waals surface area contributed by atoms with Crippen molar-refractivity contribution in [3.05, 3.63) is 53.9 Å². The summed E-state index contributed by atoms with van der Waals surface area (Å²) in [5.74, 6) is 1.07. The number of aromatic nitrogens is 1. The topological polar surface area (TPSA) is 25.2 Å². The van der Waals surface area contributed by atoms with Crippen LogP contribution in [0.2, 0.25) is 0 Å². The summed E-state index contributed by atoms with van der Waals surface area (Å²) in [7, 11) is 1.94. The second-order valence-corrected chi connectivity index (χ2v) is 5.29. The fourth-order valence-corrected chi connectivity index (χ4v) is 2.50. The number of aliphatic hydroxyl groups excluding tert-OH is 1. The van der Waals surface area contributed by atoms with Crippen molar-refractivity contribution >= 4 is 11.8 Å². The smallest absolute Gasteiger partial charge is 0.119 e. The first-order chi connectivity index (χ1) is 8.22. The number of rotatable bonds is 4. The standard InChI is InChI=1S/C14H17NOS/c1-3-17-12-8-6-11(7-9-12)14(16)13-5-4-10-15(13)2/h4-10,14,16H,3H2,1-2H3. The van der Waals surface area contributed by atoms with Crippen LogP contribution in [0.5, 0.6) is 0 Å². The molecule has 0 saturated heterocycles. The third-order valence-corrected chi connectivity index (χ3v) is 3.67. The summed E-state index contributed by atoms with van der Waals surface area (Å²) in [6.07, 6.45) is 1.40. The molecule has 3 heteroatoms. The number of hydrogen-bond acceptors (Lipinski definition) is 2. The van der Waals surface area contributed by atoms with E-state index in [1.54, 1.807) is 0 Å². The molecule has 0 radical (unpaired) electrons. The molecular formula is C14H17NOS. The summed E-state index contributed by atoms with van der Waals surface area (Å²) in [6, 6.07) is 12.0. The highest BCUT2D eigenvalue weighted by Gasteiger charge is 2.12. The molecule has 1 heterocycles. The number of thioether (sulfide) groups is 1. The summed E-state index contributed by atoms with van der Waals surface area (Å²) >= 11 is 1.81. The maximum absolute atomic E-state index is 10.3. The van der Waals surface area contributed by atoms with E-state index in [-0.39, 0.29) is 0 Å². The largest absolute Gasteiger partial charge is 0.382 e. The zero-order valence-corrected chi connectivity index (χ0v) is 10.9. The van der Waals surface area contributed by atoms with Crippen LogP contribution < -0.4 is 0 Å². The third-order valence-electron chi connectivity index (χ3n) is 2.77. The van der Waals surface area contributed by atoms with Gasteiger partial charge in [0.05, 0.1) is 5.69 Å². The molecule has 0 aliphatic carbocycles. The quantitative estimate of drug-likeness (QED) is 0.839. The predicted octanol–water partition coefficient (Wildman–Crippen LogP) is 3.22. The van der Waals surface area contributed by atoms with Crippen molar-refractivity contribution in [2.45, 2.75) is 17.9 Å². The van der Waals surface area contributed by atoms with Crippen molar-refractivity contribution < 1.29 is 5.11 Å². The number of benzene rings is 1. The van der Waals surface area contributed by atoms with Crippen molar-refractivity contribution in [2.24, 2.45) is 7.05 Å². The number of aryl methyl sites for hydroxylation is 1. The maximum Gasteiger partial charge on any atom is 0.119 e. The van der Waals surface area contributed by atoms with Crippen LogP contribution in [0, 0.1) is 0 Å². The van der Waals surface area contributed by atoms with Crippen LogP contribution in [0.3, 0.4) is 0 Å². The highest BCUT2D eigenvalue weighted by atomic mass is 32.2. The lowest BCUT2D eigenvalue weighted by atomic mass is 10.1. The van der Waals surface area contributed by atoms with E-state index in [0.717, 1.165) is 17.0 Å². The second kappa shape index (κ2) is 5.43. The Morgan fingerprint density at radius 2 is 1.94 bits per heavy atom. The minimum absolute atomic E-state index is 0.546. The average molecular weight is 247 g/mol. The molecule has 1 aromatic heterocycles. The van der Waals surface area contributed by atoms with Crippen molar-refractivity contribution in [1.29, 1.82) is 0 Å². The Morgan fingerprint density at radius 3 is 2.47 bits per heavy atom. The van der Waals surface area contributed by atoms with Gasteiger partial charge in [-0.2, -0.15) is 0 Å². The van der Waals surface area contributed by atoms with Gasteiger partial charge >= 0.3 is 0 Å². The van der Waals surface area contributed by atoms with Crippen LogP contribution in [0.25, 0.3) is 0 Å². The zero-order valence-electron chi connectivity index (χ0n) is 10.1. The fraction of sp³-hybridized carbons (Fsp3) is 0.286. The SMILES string of the molecule is CCSc1ccc(C(O)c2cccn2C)cc1. The van der Waals surface area contributed by atoms with Gasteiger partial charge in [0.1, 0.15) is 6.10 Å². The predicted molar refractivity (Wildman–Crippen MR) is 72.3 cm³/mol. The summed E-state index contributed by atoms with van der Waals surface area (Å²) < 4.78 is 1.94. The average Bonchev–Trinajstić information content (AvgIpc) is 2.76. The monoisotopic (exact) mass is 247 g/mol. The minimum atomic E-state index is -0.546. The van der Waals surface area contributed by atoms with Crippen LogP contribution in [-0.4, -0.2) is 15.4 Å². The molecule has 90 valence electrons. The van der Waals surface area contributed by atoms with Crippen LogP contribution in [0.15, 0.2) is 47.5 Å². The first-order valence-electron chi connectivity index (χ1n) is 5.74. The molecule has 0 bridgehead atoms.